The fraction of sp³-hybridized carbons (Fsp3) is 0.200. The zero-order chi connectivity index (χ0) is 14.7. The first-order chi connectivity index (χ1) is 9.47. The average molecular weight is 330 g/mol. The molecule has 0 bridgehead atoms. The maximum absolute atomic E-state index is 13.0. The largest absolute Gasteiger partial charge is 0.327 e. The zero-order valence-corrected chi connectivity index (χ0v) is 13.1. The lowest BCUT2D eigenvalue weighted by molar-refractivity contribution is 0.625. The highest BCUT2D eigenvalue weighted by Gasteiger charge is 2.18. The predicted octanol–water partition coefficient (Wildman–Crippen LogP) is 5.31. The molecular weight excluding hydrogens is 316 g/mol. The van der Waals surface area contributed by atoms with Gasteiger partial charge in [-0.2, -0.15) is 0 Å². The quantitative estimate of drug-likeness (QED) is 0.769. The standard InChI is InChI=1S/C15H14Cl2FNS/c1-9(19)15(10-2-4-11(18)5-3-10)20-12-6-7-13(16)14(17)8-12/h2-9,15H,19H2,1H3. The van der Waals surface area contributed by atoms with E-state index in [4.69, 9.17) is 28.9 Å². The van der Waals surface area contributed by atoms with Crippen LogP contribution in [0.1, 0.15) is 17.7 Å². The number of rotatable bonds is 4. The molecule has 5 heteroatoms. The lowest BCUT2D eigenvalue weighted by Crippen LogP contribution is -2.22. The molecule has 0 radical (unpaired) electrons. The van der Waals surface area contributed by atoms with E-state index in [1.807, 2.05) is 19.1 Å². The number of nitrogens with two attached hydrogens (primary N) is 1. The van der Waals surface area contributed by atoms with Crippen LogP contribution in [0.2, 0.25) is 10.0 Å². The molecule has 2 N–H and O–H groups in total. The number of thioether (sulfide) groups is 1. The lowest BCUT2D eigenvalue weighted by atomic mass is 10.1. The van der Waals surface area contributed by atoms with Crippen molar-refractivity contribution in [1.82, 2.24) is 0 Å². The van der Waals surface area contributed by atoms with Crippen LogP contribution < -0.4 is 5.73 Å². The summed E-state index contributed by atoms with van der Waals surface area (Å²) < 4.78 is 13.0. The Kier molecular flexibility index (Phi) is 5.33. The normalized spacial score (nSPS) is 14.1. The van der Waals surface area contributed by atoms with Gasteiger partial charge in [-0.1, -0.05) is 35.3 Å². The van der Waals surface area contributed by atoms with Crippen LogP contribution in [0.5, 0.6) is 0 Å². The van der Waals surface area contributed by atoms with Crippen LogP contribution in [0.15, 0.2) is 47.4 Å². The van der Waals surface area contributed by atoms with E-state index < -0.39 is 0 Å². The minimum Gasteiger partial charge on any atom is -0.327 e. The Hall–Kier alpha value is -0.740. The third kappa shape index (κ3) is 3.89. The van der Waals surface area contributed by atoms with E-state index in [-0.39, 0.29) is 17.1 Å². The van der Waals surface area contributed by atoms with Crippen LogP contribution in [0, 0.1) is 5.82 Å². The smallest absolute Gasteiger partial charge is 0.123 e. The molecule has 20 heavy (non-hydrogen) atoms. The SMILES string of the molecule is CC(N)C(Sc1ccc(Cl)c(Cl)c1)c1ccc(F)cc1. The molecule has 1 nitrogen and oxygen atoms in total. The van der Waals surface area contributed by atoms with Gasteiger partial charge in [-0.15, -0.1) is 11.8 Å². The fourth-order valence-corrected chi connectivity index (χ4v) is 3.32. The Labute approximate surface area is 132 Å². The molecule has 0 aliphatic heterocycles. The van der Waals surface area contributed by atoms with Gasteiger partial charge in [0.15, 0.2) is 0 Å². The highest BCUT2D eigenvalue weighted by molar-refractivity contribution is 7.99. The summed E-state index contributed by atoms with van der Waals surface area (Å²) in [5, 5.41) is 1.06. The van der Waals surface area contributed by atoms with Crippen molar-refractivity contribution >= 4 is 35.0 Å². The number of hydrogen-bond donors (Lipinski definition) is 1. The van der Waals surface area contributed by atoms with E-state index in [0.29, 0.717) is 10.0 Å². The number of halogens is 3. The van der Waals surface area contributed by atoms with Gasteiger partial charge >= 0.3 is 0 Å². The van der Waals surface area contributed by atoms with Crippen LogP contribution in [0.3, 0.4) is 0 Å². The van der Waals surface area contributed by atoms with Gasteiger partial charge in [0.2, 0.25) is 0 Å². The van der Waals surface area contributed by atoms with E-state index in [1.165, 1.54) is 12.1 Å². The van der Waals surface area contributed by atoms with Gasteiger partial charge in [-0.3, -0.25) is 0 Å². The van der Waals surface area contributed by atoms with Crippen LogP contribution in [-0.2, 0) is 0 Å². The molecule has 0 aliphatic rings. The number of hydrogen-bond acceptors (Lipinski definition) is 2. The Balaban J connectivity index is 2.25. The Morgan fingerprint density at radius 2 is 1.70 bits per heavy atom. The lowest BCUT2D eigenvalue weighted by Gasteiger charge is -2.21. The van der Waals surface area contributed by atoms with Crippen molar-refractivity contribution in [1.29, 1.82) is 0 Å². The molecule has 0 aliphatic carbocycles. The molecule has 0 saturated heterocycles. The maximum atomic E-state index is 13.0. The first-order valence-corrected chi connectivity index (χ1v) is 7.73. The van der Waals surface area contributed by atoms with Crippen molar-refractivity contribution in [3.63, 3.8) is 0 Å². The van der Waals surface area contributed by atoms with Gasteiger partial charge in [-0.05, 0) is 42.8 Å². The summed E-state index contributed by atoms with van der Waals surface area (Å²) >= 11 is 13.5. The second-order valence-electron chi connectivity index (χ2n) is 4.53. The summed E-state index contributed by atoms with van der Waals surface area (Å²) in [6.45, 7) is 1.93. The van der Waals surface area contributed by atoms with Crippen LogP contribution in [0.25, 0.3) is 0 Å². The van der Waals surface area contributed by atoms with Crippen molar-refractivity contribution < 1.29 is 4.39 Å². The second-order valence-corrected chi connectivity index (χ2v) is 6.55. The summed E-state index contributed by atoms with van der Waals surface area (Å²) in [7, 11) is 0. The van der Waals surface area contributed by atoms with Gasteiger partial charge in [0, 0.05) is 16.2 Å². The molecule has 2 aromatic carbocycles. The molecular formula is C15H14Cl2FNS. The van der Waals surface area contributed by atoms with Gasteiger partial charge in [0.25, 0.3) is 0 Å². The predicted molar refractivity (Wildman–Crippen MR) is 85.1 cm³/mol. The molecule has 2 rings (SSSR count). The molecule has 0 amide bonds. The van der Waals surface area contributed by atoms with Crippen molar-refractivity contribution in [2.45, 2.75) is 23.1 Å². The Morgan fingerprint density at radius 1 is 1.05 bits per heavy atom. The maximum Gasteiger partial charge on any atom is 0.123 e. The summed E-state index contributed by atoms with van der Waals surface area (Å²) in [5.41, 5.74) is 7.03. The molecule has 0 heterocycles. The minimum atomic E-state index is -0.253. The van der Waals surface area contributed by atoms with Crippen LogP contribution in [-0.4, -0.2) is 6.04 Å². The second kappa shape index (κ2) is 6.81. The van der Waals surface area contributed by atoms with E-state index in [1.54, 1.807) is 30.0 Å². The number of benzene rings is 2. The molecule has 2 atom stereocenters. The molecule has 0 saturated carbocycles. The zero-order valence-electron chi connectivity index (χ0n) is 10.8. The summed E-state index contributed by atoms with van der Waals surface area (Å²) in [4.78, 5) is 0.978. The topological polar surface area (TPSA) is 26.0 Å². The van der Waals surface area contributed by atoms with Crippen molar-refractivity contribution in [2.75, 3.05) is 0 Å². The molecule has 0 aromatic heterocycles. The first kappa shape index (κ1) is 15.6. The monoisotopic (exact) mass is 329 g/mol. The van der Waals surface area contributed by atoms with Gasteiger partial charge in [0.05, 0.1) is 10.0 Å². The summed E-state index contributed by atoms with van der Waals surface area (Å²) in [5.74, 6) is -0.253. The Morgan fingerprint density at radius 3 is 2.25 bits per heavy atom. The van der Waals surface area contributed by atoms with Crippen LogP contribution >= 0.6 is 35.0 Å². The van der Waals surface area contributed by atoms with E-state index in [2.05, 4.69) is 0 Å². The highest BCUT2D eigenvalue weighted by atomic mass is 35.5. The van der Waals surface area contributed by atoms with E-state index in [0.717, 1.165) is 10.5 Å². The van der Waals surface area contributed by atoms with Gasteiger partial charge in [0.1, 0.15) is 5.82 Å². The third-order valence-electron chi connectivity index (χ3n) is 2.83. The van der Waals surface area contributed by atoms with E-state index in [9.17, 15) is 4.39 Å². The van der Waals surface area contributed by atoms with Crippen molar-refractivity contribution in [3.8, 4) is 0 Å². The summed E-state index contributed by atoms with van der Waals surface area (Å²) in [6, 6.07) is 11.8. The Bertz CT molecular complexity index is 587. The van der Waals surface area contributed by atoms with E-state index >= 15 is 0 Å². The van der Waals surface area contributed by atoms with Gasteiger partial charge < -0.3 is 5.73 Å². The third-order valence-corrected chi connectivity index (χ3v) is 5.05. The molecule has 2 unspecified atom stereocenters. The summed E-state index contributed by atoms with van der Waals surface area (Å²) in [6.07, 6.45) is 0. The molecule has 0 spiro atoms. The molecule has 2 aromatic rings. The minimum absolute atomic E-state index is 0.0212. The average Bonchev–Trinajstić information content (AvgIpc) is 2.41. The first-order valence-electron chi connectivity index (χ1n) is 6.10. The van der Waals surface area contributed by atoms with Crippen molar-refractivity contribution in [2.24, 2.45) is 5.73 Å². The fourth-order valence-electron chi connectivity index (χ4n) is 1.83. The van der Waals surface area contributed by atoms with Crippen molar-refractivity contribution in [3.05, 3.63) is 63.9 Å². The van der Waals surface area contributed by atoms with Crippen LogP contribution in [0.4, 0.5) is 4.39 Å². The van der Waals surface area contributed by atoms with Gasteiger partial charge in [-0.25, -0.2) is 4.39 Å². The highest BCUT2D eigenvalue weighted by Crippen LogP contribution is 2.39. The molecule has 0 fully saturated rings. The molecule has 106 valence electrons.